The third-order valence-electron chi connectivity index (χ3n) is 3.39. The van der Waals surface area contributed by atoms with Crippen LogP contribution in [0.15, 0.2) is 18.3 Å². The Morgan fingerprint density at radius 3 is 2.53 bits per heavy atom. The van der Waals surface area contributed by atoms with Crippen LogP contribution in [0.1, 0.15) is 31.4 Å². The number of hydrogen-bond donors (Lipinski definition) is 3. The van der Waals surface area contributed by atoms with Crippen molar-refractivity contribution in [3.63, 3.8) is 0 Å². The number of carboxylic acids is 1. The monoisotopic (exact) mass is 263 g/mol. The van der Waals surface area contributed by atoms with Gasteiger partial charge in [0.25, 0.3) is 0 Å². The van der Waals surface area contributed by atoms with Gasteiger partial charge in [0.1, 0.15) is 5.54 Å². The Bertz CT molecular complexity index is 478. The first-order chi connectivity index (χ1) is 9.02. The van der Waals surface area contributed by atoms with Crippen LogP contribution < -0.4 is 10.6 Å². The van der Waals surface area contributed by atoms with Crippen LogP contribution in [0.25, 0.3) is 0 Å². The van der Waals surface area contributed by atoms with Crippen molar-refractivity contribution in [1.29, 1.82) is 0 Å². The predicted octanol–water partition coefficient (Wildman–Crippen LogP) is 1.91. The Balaban J connectivity index is 2.00. The molecule has 2 amide bonds. The molecule has 0 bridgehead atoms. The number of anilines is 1. The van der Waals surface area contributed by atoms with Gasteiger partial charge in [-0.05, 0) is 31.9 Å². The zero-order valence-corrected chi connectivity index (χ0v) is 10.8. The zero-order chi connectivity index (χ0) is 13.9. The van der Waals surface area contributed by atoms with Crippen molar-refractivity contribution < 1.29 is 14.7 Å². The van der Waals surface area contributed by atoms with Gasteiger partial charge in [-0.1, -0.05) is 12.8 Å². The fourth-order valence-corrected chi connectivity index (χ4v) is 2.29. The van der Waals surface area contributed by atoms with Crippen LogP contribution >= 0.6 is 0 Å². The highest BCUT2D eigenvalue weighted by molar-refractivity contribution is 5.93. The standard InChI is InChI=1S/C13H17N3O3/c1-9-4-5-10(8-14-9)15-12(19)16-13(11(17)18)6-2-3-7-13/h4-5,8H,2-3,6-7H2,1H3,(H,17,18)(H2,15,16,19). The molecule has 0 atom stereocenters. The van der Waals surface area contributed by atoms with Crippen LogP contribution in [0.2, 0.25) is 0 Å². The Morgan fingerprint density at radius 2 is 2.00 bits per heavy atom. The topological polar surface area (TPSA) is 91.3 Å². The largest absolute Gasteiger partial charge is 0.480 e. The van der Waals surface area contributed by atoms with Crippen molar-refractivity contribution in [2.45, 2.75) is 38.1 Å². The van der Waals surface area contributed by atoms with E-state index in [1.807, 2.05) is 6.92 Å². The molecule has 3 N–H and O–H groups in total. The maximum atomic E-state index is 11.8. The van der Waals surface area contributed by atoms with Crippen LogP contribution in [0.4, 0.5) is 10.5 Å². The van der Waals surface area contributed by atoms with Gasteiger partial charge in [-0.2, -0.15) is 0 Å². The van der Waals surface area contributed by atoms with E-state index in [1.54, 1.807) is 12.1 Å². The van der Waals surface area contributed by atoms with Crippen molar-refractivity contribution in [3.8, 4) is 0 Å². The summed E-state index contributed by atoms with van der Waals surface area (Å²) in [4.78, 5) is 27.2. The molecule has 102 valence electrons. The average molecular weight is 263 g/mol. The molecule has 1 fully saturated rings. The zero-order valence-electron chi connectivity index (χ0n) is 10.8. The minimum absolute atomic E-state index is 0.474. The molecule has 6 heteroatoms. The molecule has 1 heterocycles. The van der Waals surface area contributed by atoms with Crippen molar-refractivity contribution in [2.24, 2.45) is 0 Å². The van der Waals surface area contributed by atoms with Gasteiger partial charge in [0.2, 0.25) is 0 Å². The van der Waals surface area contributed by atoms with Gasteiger partial charge in [-0.15, -0.1) is 0 Å². The predicted molar refractivity (Wildman–Crippen MR) is 70.0 cm³/mol. The molecule has 1 aliphatic carbocycles. The fraction of sp³-hybridized carbons (Fsp3) is 0.462. The van der Waals surface area contributed by atoms with Gasteiger partial charge in [0, 0.05) is 5.69 Å². The molecule has 1 aromatic heterocycles. The Morgan fingerprint density at radius 1 is 1.32 bits per heavy atom. The number of nitrogens with zero attached hydrogens (tertiary/aromatic N) is 1. The van der Waals surface area contributed by atoms with E-state index in [0.29, 0.717) is 18.5 Å². The molecule has 0 aromatic carbocycles. The molecular weight excluding hydrogens is 246 g/mol. The lowest BCUT2D eigenvalue weighted by atomic mass is 9.98. The number of amides is 2. The summed E-state index contributed by atoms with van der Waals surface area (Å²) in [5, 5.41) is 14.4. The molecule has 2 rings (SSSR count). The number of urea groups is 1. The van der Waals surface area contributed by atoms with E-state index in [0.717, 1.165) is 18.5 Å². The first-order valence-electron chi connectivity index (χ1n) is 6.27. The average Bonchev–Trinajstić information content (AvgIpc) is 2.82. The second-order valence-electron chi connectivity index (χ2n) is 4.86. The fourth-order valence-electron chi connectivity index (χ4n) is 2.29. The number of pyridine rings is 1. The van der Waals surface area contributed by atoms with E-state index in [-0.39, 0.29) is 0 Å². The van der Waals surface area contributed by atoms with Crippen molar-refractivity contribution in [2.75, 3.05) is 5.32 Å². The van der Waals surface area contributed by atoms with Crippen LogP contribution in [-0.4, -0.2) is 27.6 Å². The number of aliphatic carboxylic acids is 1. The van der Waals surface area contributed by atoms with Crippen LogP contribution in [-0.2, 0) is 4.79 Å². The van der Waals surface area contributed by atoms with E-state index in [2.05, 4.69) is 15.6 Å². The minimum Gasteiger partial charge on any atom is -0.480 e. The van der Waals surface area contributed by atoms with Crippen molar-refractivity contribution >= 4 is 17.7 Å². The molecule has 1 aliphatic rings. The smallest absolute Gasteiger partial charge is 0.329 e. The highest BCUT2D eigenvalue weighted by Crippen LogP contribution is 2.29. The third kappa shape index (κ3) is 3.01. The van der Waals surface area contributed by atoms with Crippen LogP contribution in [0.3, 0.4) is 0 Å². The molecular formula is C13H17N3O3. The maximum absolute atomic E-state index is 11.8. The van der Waals surface area contributed by atoms with Gasteiger partial charge in [-0.25, -0.2) is 9.59 Å². The molecule has 19 heavy (non-hydrogen) atoms. The number of hydrogen-bond acceptors (Lipinski definition) is 3. The number of aromatic nitrogens is 1. The van der Waals surface area contributed by atoms with Gasteiger partial charge >= 0.3 is 12.0 Å². The highest BCUT2D eigenvalue weighted by atomic mass is 16.4. The Hall–Kier alpha value is -2.11. The molecule has 0 saturated heterocycles. The number of aryl methyl sites for hydroxylation is 1. The Kier molecular flexibility index (Phi) is 3.69. The summed E-state index contributed by atoms with van der Waals surface area (Å²) < 4.78 is 0. The lowest BCUT2D eigenvalue weighted by Gasteiger charge is -2.25. The molecule has 0 radical (unpaired) electrons. The number of carboxylic acid groups (broad SMARTS) is 1. The number of nitrogens with one attached hydrogen (secondary N) is 2. The molecule has 6 nitrogen and oxygen atoms in total. The lowest BCUT2D eigenvalue weighted by molar-refractivity contribution is -0.144. The van der Waals surface area contributed by atoms with Crippen LogP contribution in [0, 0.1) is 6.92 Å². The quantitative estimate of drug-likeness (QED) is 0.776. The summed E-state index contributed by atoms with van der Waals surface area (Å²) in [6.07, 6.45) is 4.12. The maximum Gasteiger partial charge on any atom is 0.329 e. The van der Waals surface area contributed by atoms with E-state index >= 15 is 0 Å². The second kappa shape index (κ2) is 5.26. The third-order valence-corrected chi connectivity index (χ3v) is 3.39. The van der Waals surface area contributed by atoms with Gasteiger partial charge < -0.3 is 15.7 Å². The molecule has 0 aliphatic heterocycles. The number of carbonyl (C=O) groups is 2. The van der Waals surface area contributed by atoms with E-state index in [1.165, 1.54) is 6.20 Å². The van der Waals surface area contributed by atoms with Gasteiger partial charge in [0.15, 0.2) is 0 Å². The van der Waals surface area contributed by atoms with E-state index in [4.69, 9.17) is 0 Å². The lowest BCUT2D eigenvalue weighted by Crippen LogP contribution is -2.53. The summed E-state index contributed by atoms with van der Waals surface area (Å²) in [5.74, 6) is -0.970. The molecule has 1 saturated carbocycles. The minimum atomic E-state index is -1.12. The van der Waals surface area contributed by atoms with Crippen LogP contribution in [0.5, 0.6) is 0 Å². The molecule has 0 spiro atoms. The number of carbonyl (C=O) groups excluding carboxylic acids is 1. The second-order valence-corrected chi connectivity index (χ2v) is 4.86. The van der Waals surface area contributed by atoms with Crippen molar-refractivity contribution in [1.82, 2.24) is 10.3 Å². The summed E-state index contributed by atoms with van der Waals surface area (Å²) in [6.45, 7) is 1.85. The summed E-state index contributed by atoms with van der Waals surface area (Å²) >= 11 is 0. The molecule has 1 aromatic rings. The SMILES string of the molecule is Cc1ccc(NC(=O)NC2(C(=O)O)CCCC2)cn1. The van der Waals surface area contributed by atoms with E-state index < -0.39 is 17.5 Å². The first-order valence-corrected chi connectivity index (χ1v) is 6.27. The summed E-state index contributed by atoms with van der Waals surface area (Å²) in [7, 11) is 0. The van der Waals surface area contributed by atoms with Gasteiger partial charge in [-0.3, -0.25) is 4.98 Å². The summed E-state index contributed by atoms with van der Waals surface area (Å²) in [6, 6.07) is 3.00. The first kappa shape index (κ1) is 13.3. The Labute approximate surface area is 111 Å². The number of rotatable bonds is 3. The molecule has 0 unspecified atom stereocenters. The normalized spacial score (nSPS) is 16.9. The van der Waals surface area contributed by atoms with Gasteiger partial charge in [0.05, 0.1) is 11.9 Å². The summed E-state index contributed by atoms with van der Waals surface area (Å²) in [5.41, 5.74) is 0.271. The van der Waals surface area contributed by atoms with Crippen molar-refractivity contribution in [3.05, 3.63) is 24.0 Å². The highest BCUT2D eigenvalue weighted by Gasteiger charge is 2.42. The van der Waals surface area contributed by atoms with E-state index in [9.17, 15) is 14.7 Å².